The number of nitrogens with one attached hydrogen (secondary N) is 1. The summed E-state index contributed by atoms with van der Waals surface area (Å²) < 4.78 is 41.9. The quantitative estimate of drug-likeness (QED) is 0.846. The van der Waals surface area contributed by atoms with Gasteiger partial charge >= 0.3 is 6.36 Å². The number of primary amides is 1. The van der Waals surface area contributed by atoms with E-state index in [1.807, 2.05) is 0 Å². The zero-order valence-electron chi connectivity index (χ0n) is 13.6. The Bertz CT molecular complexity index is 816. The van der Waals surface area contributed by atoms with Gasteiger partial charge < -0.3 is 15.8 Å². The molecule has 1 saturated heterocycles. The van der Waals surface area contributed by atoms with Crippen molar-refractivity contribution in [2.45, 2.75) is 18.2 Å². The summed E-state index contributed by atoms with van der Waals surface area (Å²) in [4.78, 5) is 11.9. The first-order chi connectivity index (χ1) is 12.2. The Balaban J connectivity index is 2.17. The van der Waals surface area contributed by atoms with Gasteiger partial charge in [0.25, 0.3) is 0 Å². The molecule has 1 aliphatic heterocycles. The van der Waals surface area contributed by atoms with E-state index in [1.54, 1.807) is 24.3 Å². The Hall–Kier alpha value is -2.25. The molecule has 1 fully saturated rings. The van der Waals surface area contributed by atoms with Crippen molar-refractivity contribution in [3.8, 4) is 5.75 Å². The molecule has 1 amide bonds. The number of hydrogen-bond acceptors (Lipinski definition) is 3. The lowest BCUT2D eigenvalue weighted by atomic mass is 9.72. The third-order valence-corrected chi connectivity index (χ3v) is 4.81. The molecule has 3 N–H and O–H groups in total. The summed E-state index contributed by atoms with van der Waals surface area (Å²) in [5, 5.41) is 3.75. The van der Waals surface area contributed by atoms with Crippen molar-refractivity contribution in [3.05, 3.63) is 64.2 Å². The van der Waals surface area contributed by atoms with E-state index in [2.05, 4.69) is 10.1 Å². The maximum absolute atomic E-state index is 12.6. The molecular formula is C18H16ClF3N2O2. The van der Waals surface area contributed by atoms with Crippen LogP contribution < -0.4 is 15.8 Å². The molecule has 3 rings (SSSR count). The molecule has 1 heterocycles. The standard InChI is InChI=1S/C18H16ClF3N2O2/c19-12-3-1-11(2-4-12)17(7-8-24-10-17)15-9-13(26-18(20,21)22)5-6-14(15)16(23)25/h1-6,9,24H,7-8,10H2,(H2,23,25). The van der Waals surface area contributed by atoms with Gasteiger partial charge in [-0.05, 0) is 54.4 Å². The van der Waals surface area contributed by atoms with Crippen molar-refractivity contribution >= 4 is 17.5 Å². The number of amides is 1. The van der Waals surface area contributed by atoms with Crippen LogP contribution in [0, 0.1) is 0 Å². The Labute approximate surface area is 153 Å². The van der Waals surface area contributed by atoms with E-state index < -0.39 is 23.4 Å². The summed E-state index contributed by atoms with van der Waals surface area (Å²) in [5.74, 6) is -1.10. The number of benzene rings is 2. The fourth-order valence-electron chi connectivity index (χ4n) is 3.42. The molecule has 0 saturated carbocycles. The monoisotopic (exact) mass is 384 g/mol. The lowest BCUT2D eigenvalue weighted by Crippen LogP contribution is -2.33. The second-order valence-electron chi connectivity index (χ2n) is 6.14. The normalized spacial score (nSPS) is 20.2. The first kappa shape index (κ1) is 18.5. The molecule has 1 atom stereocenters. The fourth-order valence-corrected chi connectivity index (χ4v) is 3.55. The number of carbonyl (C=O) groups excluding carboxylic acids is 1. The van der Waals surface area contributed by atoms with Crippen LogP contribution in [0.5, 0.6) is 5.75 Å². The van der Waals surface area contributed by atoms with E-state index in [0.717, 1.165) is 11.6 Å². The number of nitrogens with two attached hydrogens (primary N) is 1. The smallest absolute Gasteiger partial charge is 0.406 e. The average Bonchev–Trinajstić information content (AvgIpc) is 3.04. The maximum atomic E-state index is 12.6. The molecule has 0 aliphatic carbocycles. The van der Waals surface area contributed by atoms with Crippen molar-refractivity contribution in [2.75, 3.05) is 13.1 Å². The first-order valence-corrected chi connectivity index (χ1v) is 8.26. The van der Waals surface area contributed by atoms with Gasteiger partial charge in [-0.15, -0.1) is 13.2 Å². The molecule has 1 aliphatic rings. The number of rotatable bonds is 4. The van der Waals surface area contributed by atoms with E-state index >= 15 is 0 Å². The van der Waals surface area contributed by atoms with Gasteiger partial charge in [0.05, 0.1) is 0 Å². The van der Waals surface area contributed by atoms with E-state index in [9.17, 15) is 18.0 Å². The van der Waals surface area contributed by atoms with Crippen LogP contribution in [-0.4, -0.2) is 25.4 Å². The predicted octanol–water partition coefficient (Wildman–Crippen LogP) is 3.62. The van der Waals surface area contributed by atoms with Crippen molar-refractivity contribution in [1.82, 2.24) is 5.32 Å². The maximum Gasteiger partial charge on any atom is 0.573 e. The molecule has 8 heteroatoms. The molecule has 0 bridgehead atoms. The minimum absolute atomic E-state index is 0.165. The molecule has 1 unspecified atom stereocenters. The average molecular weight is 385 g/mol. The largest absolute Gasteiger partial charge is 0.573 e. The SMILES string of the molecule is NC(=O)c1ccc(OC(F)(F)F)cc1C1(c2ccc(Cl)cc2)CCNC1. The second kappa shape index (κ2) is 6.81. The van der Waals surface area contributed by atoms with Gasteiger partial charge in [0, 0.05) is 22.5 Å². The van der Waals surface area contributed by atoms with Crippen LogP contribution in [-0.2, 0) is 5.41 Å². The van der Waals surface area contributed by atoms with E-state index in [4.69, 9.17) is 17.3 Å². The molecule has 0 spiro atoms. The summed E-state index contributed by atoms with van der Waals surface area (Å²) in [7, 11) is 0. The summed E-state index contributed by atoms with van der Waals surface area (Å²) in [6.07, 6.45) is -4.24. The zero-order valence-corrected chi connectivity index (χ0v) is 14.3. The predicted molar refractivity (Wildman–Crippen MR) is 91.4 cm³/mol. The zero-order chi connectivity index (χ0) is 18.9. The molecule has 0 radical (unpaired) electrons. The molecule has 2 aromatic rings. The Morgan fingerprint density at radius 3 is 2.42 bits per heavy atom. The van der Waals surface area contributed by atoms with E-state index in [0.29, 0.717) is 30.1 Å². The van der Waals surface area contributed by atoms with Gasteiger partial charge in [-0.3, -0.25) is 4.79 Å². The Kier molecular flexibility index (Phi) is 4.86. The van der Waals surface area contributed by atoms with Crippen LogP contribution >= 0.6 is 11.6 Å². The summed E-state index contributed by atoms with van der Waals surface area (Å²) in [5.41, 5.74) is 6.17. The van der Waals surface area contributed by atoms with Gasteiger partial charge in [0.15, 0.2) is 0 Å². The van der Waals surface area contributed by atoms with Crippen LogP contribution in [0.2, 0.25) is 5.02 Å². The van der Waals surface area contributed by atoms with Crippen LogP contribution in [0.3, 0.4) is 0 Å². The number of halogens is 4. The van der Waals surface area contributed by atoms with Gasteiger partial charge in [-0.1, -0.05) is 23.7 Å². The Morgan fingerprint density at radius 2 is 1.88 bits per heavy atom. The third-order valence-electron chi connectivity index (χ3n) is 4.56. The Morgan fingerprint density at radius 1 is 1.19 bits per heavy atom. The number of ether oxygens (including phenoxy) is 1. The van der Waals surface area contributed by atoms with Gasteiger partial charge in [-0.25, -0.2) is 0 Å². The molecule has 2 aromatic carbocycles. The van der Waals surface area contributed by atoms with Gasteiger partial charge in [0.2, 0.25) is 5.91 Å². The molecule has 4 nitrogen and oxygen atoms in total. The van der Waals surface area contributed by atoms with Crippen LogP contribution in [0.1, 0.15) is 27.9 Å². The minimum Gasteiger partial charge on any atom is -0.406 e. The highest BCUT2D eigenvalue weighted by atomic mass is 35.5. The molecule has 26 heavy (non-hydrogen) atoms. The number of alkyl halides is 3. The van der Waals surface area contributed by atoms with Crippen molar-refractivity contribution < 1.29 is 22.7 Å². The lowest BCUT2D eigenvalue weighted by Gasteiger charge is -2.31. The van der Waals surface area contributed by atoms with Crippen LogP contribution in [0.25, 0.3) is 0 Å². The van der Waals surface area contributed by atoms with Gasteiger partial charge in [0.1, 0.15) is 5.75 Å². The topological polar surface area (TPSA) is 64.4 Å². The van der Waals surface area contributed by atoms with Crippen molar-refractivity contribution in [3.63, 3.8) is 0 Å². The number of hydrogen-bond donors (Lipinski definition) is 2. The van der Waals surface area contributed by atoms with Crippen molar-refractivity contribution in [1.29, 1.82) is 0 Å². The van der Waals surface area contributed by atoms with E-state index in [-0.39, 0.29) is 5.56 Å². The van der Waals surface area contributed by atoms with E-state index in [1.165, 1.54) is 12.1 Å². The first-order valence-electron chi connectivity index (χ1n) is 7.88. The highest BCUT2D eigenvalue weighted by Gasteiger charge is 2.41. The summed E-state index contributed by atoms with van der Waals surface area (Å²) in [6.45, 7) is 1.09. The molecule has 138 valence electrons. The lowest BCUT2D eigenvalue weighted by molar-refractivity contribution is -0.274. The van der Waals surface area contributed by atoms with Crippen LogP contribution in [0.15, 0.2) is 42.5 Å². The summed E-state index contributed by atoms with van der Waals surface area (Å²) >= 11 is 5.95. The molecular weight excluding hydrogens is 369 g/mol. The summed E-state index contributed by atoms with van der Waals surface area (Å²) in [6, 6.07) is 10.6. The number of carbonyl (C=O) groups is 1. The highest BCUT2D eigenvalue weighted by Crippen LogP contribution is 2.41. The second-order valence-corrected chi connectivity index (χ2v) is 6.57. The van der Waals surface area contributed by atoms with Crippen molar-refractivity contribution in [2.24, 2.45) is 5.73 Å². The third kappa shape index (κ3) is 3.64. The van der Waals surface area contributed by atoms with Crippen LogP contribution in [0.4, 0.5) is 13.2 Å². The fraction of sp³-hybridized carbons (Fsp3) is 0.278. The highest BCUT2D eigenvalue weighted by molar-refractivity contribution is 6.30. The van der Waals surface area contributed by atoms with Gasteiger partial charge in [-0.2, -0.15) is 0 Å². The molecule has 0 aromatic heterocycles. The minimum atomic E-state index is -4.83.